The monoisotopic (exact) mass is 285 g/mol. The number of halogens is 2. The molecule has 0 radical (unpaired) electrons. The van der Waals surface area contributed by atoms with Gasteiger partial charge in [0, 0.05) is 10.5 Å². The fraction of sp³-hybridized carbons (Fsp3) is 0. The molecule has 0 aliphatic rings. The van der Waals surface area contributed by atoms with E-state index in [9.17, 15) is 9.18 Å². The third-order valence-electron chi connectivity index (χ3n) is 1.92. The van der Waals surface area contributed by atoms with Crippen molar-refractivity contribution in [2.75, 3.05) is 0 Å². The lowest BCUT2D eigenvalue weighted by atomic mass is 10.1. The van der Waals surface area contributed by atoms with Crippen LogP contribution in [0.25, 0.3) is 11.3 Å². The minimum atomic E-state index is -1.22. The normalized spacial score (nSPS) is 10.4. The Morgan fingerprint density at radius 1 is 1.44 bits per heavy atom. The molecule has 1 heterocycles. The van der Waals surface area contributed by atoms with E-state index in [4.69, 9.17) is 9.63 Å². The lowest BCUT2D eigenvalue weighted by Crippen LogP contribution is -1.94. The van der Waals surface area contributed by atoms with Gasteiger partial charge in [0.1, 0.15) is 5.82 Å². The van der Waals surface area contributed by atoms with Crippen molar-refractivity contribution in [3.05, 3.63) is 40.2 Å². The largest absolute Gasteiger partial charge is 0.476 e. The molecule has 0 spiro atoms. The highest BCUT2D eigenvalue weighted by Crippen LogP contribution is 2.26. The summed E-state index contributed by atoms with van der Waals surface area (Å²) >= 11 is 3.18. The molecule has 82 valence electrons. The van der Waals surface area contributed by atoms with E-state index in [2.05, 4.69) is 21.1 Å². The average Bonchev–Trinajstić information content (AvgIpc) is 2.70. The topological polar surface area (TPSA) is 63.3 Å². The fourth-order valence-electron chi connectivity index (χ4n) is 1.19. The van der Waals surface area contributed by atoms with Gasteiger partial charge < -0.3 is 9.63 Å². The second-order valence-electron chi connectivity index (χ2n) is 3.01. The van der Waals surface area contributed by atoms with Crippen LogP contribution < -0.4 is 0 Å². The van der Waals surface area contributed by atoms with Crippen molar-refractivity contribution >= 4 is 21.9 Å². The molecule has 0 aliphatic heterocycles. The second-order valence-corrected chi connectivity index (χ2v) is 3.92. The van der Waals surface area contributed by atoms with Crippen LogP contribution in [0, 0.1) is 5.82 Å². The average molecular weight is 286 g/mol. The van der Waals surface area contributed by atoms with Crippen LogP contribution in [0.4, 0.5) is 4.39 Å². The smallest absolute Gasteiger partial charge is 0.358 e. The minimum absolute atomic E-state index is 0.0798. The summed E-state index contributed by atoms with van der Waals surface area (Å²) in [4.78, 5) is 10.6. The summed E-state index contributed by atoms with van der Waals surface area (Å²) < 4.78 is 18.8. The number of carbonyl (C=O) groups is 1. The minimum Gasteiger partial charge on any atom is -0.476 e. The van der Waals surface area contributed by atoms with Crippen LogP contribution in [0.15, 0.2) is 33.3 Å². The highest BCUT2D eigenvalue weighted by molar-refractivity contribution is 9.10. The Morgan fingerprint density at radius 3 is 2.81 bits per heavy atom. The van der Waals surface area contributed by atoms with E-state index in [1.54, 1.807) is 0 Å². The third kappa shape index (κ3) is 1.96. The molecular weight excluding hydrogens is 281 g/mol. The van der Waals surface area contributed by atoms with E-state index < -0.39 is 11.8 Å². The number of rotatable bonds is 2. The molecule has 0 saturated carbocycles. The maximum Gasteiger partial charge on any atom is 0.358 e. The Balaban J connectivity index is 2.50. The van der Waals surface area contributed by atoms with Crippen LogP contribution in [-0.4, -0.2) is 16.2 Å². The molecule has 0 fully saturated rings. The van der Waals surface area contributed by atoms with Crippen molar-refractivity contribution in [3.63, 3.8) is 0 Å². The molecule has 0 unspecified atom stereocenters. The van der Waals surface area contributed by atoms with Crippen molar-refractivity contribution in [2.24, 2.45) is 0 Å². The van der Waals surface area contributed by atoms with Crippen molar-refractivity contribution in [1.29, 1.82) is 0 Å². The zero-order chi connectivity index (χ0) is 11.7. The molecule has 0 bridgehead atoms. The van der Waals surface area contributed by atoms with Crippen LogP contribution in [0.5, 0.6) is 0 Å². The van der Waals surface area contributed by atoms with Crippen LogP contribution in [-0.2, 0) is 0 Å². The molecule has 4 nitrogen and oxygen atoms in total. The molecule has 2 rings (SSSR count). The molecule has 1 N–H and O–H groups in total. The van der Waals surface area contributed by atoms with E-state index >= 15 is 0 Å². The molecule has 1 aromatic heterocycles. The summed E-state index contributed by atoms with van der Waals surface area (Å²) in [6, 6.07) is 5.45. The van der Waals surface area contributed by atoms with Gasteiger partial charge in [0.15, 0.2) is 11.5 Å². The van der Waals surface area contributed by atoms with Gasteiger partial charge in [-0.2, -0.15) is 0 Å². The van der Waals surface area contributed by atoms with Crippen molar-refractivity contribution in [3.8, 4) is 11.3 Å². The lowest BCUT2D eigenvalue weighted by Gasteiger charge is -1.98. The summed E-state index contributed by atoms with van der Waals surface area (Å²) in [5, 5.41) is 11.9. The Bertz CT molecular complexity index is 553. The number of aromatic carboxylic acids is 1. The number of hydrogen-bond acceptors (Lipinski definition) is 3. The summed E-state index contributed by atoms with van der Waals surface area (Å²) in [6.07, 6.45) is 0. The summed E-state index contributed by atoms with van der Waals surface area (Å²) in [7, 11) is 0. The molecular formula is C10H5BrFNO3. The van der Waals surface area contributed by atoms with Crippen LogP contribution in [0.3, 0.4) is 0 Å². The van der Waals surface area contributed by atoms with Gasteiger partial charge in [-0.1, -0.05) is 21.1 Å². The predicted molar refractivity (Wildman–Crippen MR) is 56.6 cm³/mol. The van der Waals surface area contributed by atoms with Crippen LogP contribution >= 0.6 is 15.9 Å². The molecule has 0 aliphatic carbocycles. The van der Waals surface area contributed by atoms with Gasteiger partial charge in [-0.25, -0.2) is 9.18 Å². The number of carboxylic acids is 1. The van der Waals surface area contributed by atoms with Gasteiger partial charge in [-0.05, 0) is 18.2 Å². The number of benzene rings is 1. The van der Waals surface area contributed by atoms with Gasteiger partial charge in [-0.3, -0.25) is 0 Å². The first-order chi connectivity index (χ1) is 7.58. The molecule has 16 heavy (non-hydrogen) atoms. The number of nitrogens with zero attached hydrogens (tertiary/aromatic N) is 1. The Hall–Kier alpha value is -1.69. The number of aromatic nitrogens is 1. The first-order valence-corrected chi connectivity index (χ1v) is 5.02. The Kier molecular flexibility index (Phi) is 2.74. The van der Waals surface area contributed by atoms with Crippen molar-refractivity contribution in [1.82, 2.24) is 5.16 Å². The number of carboxylic acid groups (broad SMARTS) is 1. The first-order valence-electron chi connectivity index (χ1n) is 4.23. The van der Waals surface area contributed by atoms with Crippen LogP contribution in [0.2, 0.25) is 0 Å². The van der Waals surface area contributed by atoms with E-state index in [-0.39, 0.29) is 17.0 Å². The zero-order valence-corrected chi connectivity index (χ0v) is 9.36. The second kappa shape index (κ2) is 4.05. The lowest BCUT2D eigenvalue weighted by molar-refractivity contribution is 0.0686. The maximum atomic E-state index is 13.4. The molecule has 6 heteroatoms. The quantitative estimate of drug-likeness (QED) is 0.921. The zero-order valence-electron chi connectivity index (χ0n) is 7.78. The Morgan fingerprint density at radius 2 is 2.19 bits per heavy atom. The molecule has 2 aromatic rings. The molecule has 0 atom stereocenters. The molecule has 0 amide bonds. The fourth-order valence-corrected chi connectivity index (χ4v) is 1.55. The standard InChI is InChI=1S/C10H5BrFNO3/c11-5-1-2-7(12)6(3-5)9-4-8(10(14)15)13-16-9/h1-4H,(H,14,15). The highest BCUT2D eigenvalue weighted by Gasteiger charge is 2.15. The summed E-state index contributed by atoms with van der Waals surface area (Å²) in [5.41, 5.74) is -0.0937. The summed E-state index contributed by atoms with van der Waals surface area (Å²) in [6.45, 7) is 0. The van der Waals surface area contributed by atoms with E-state index in [1.807, 2.05) is 0 Å². The van der Waals surface area contributed by atoms with Crippen LogP contribution in [0.1, 0.15) is 10.5 Å². The highest BCUT2D eigenvalue weighted by atomic mass is 79.9. The van der Waals surface area contributed by atoms with Gasteiger partial charge in [-0.15, -0.1) is 0 Å². The SMILES string of the molecule is O=C(O)c1cc(-c2cc(Br)ccc2F)on1. The maximum absolute atomic E-state index is 13.4. The van der Waals surface area contributed by atoms with Crippen molar-refractivity contribution < 1.29 is 18.8 Å². The van der Waals surface area contributed by atoms with Gasteiger partial charge in [0.2, 0.25) is 0 Å². The molecule has 0 saturated heterocycles. The first kappa shape index (κ1) is 10.8. The van der Waals surface area contributed by atoms with E-state index in [1.165, 1.54) is 24.3 Å². The predicted octanol–water partition coefficient (Wildman–Crippen LogP) is 2.94. The van der Waals surface area contributed by atoms with E-state index in [0.717, 1.165) is 0 Å². The van der Waals surface area contributed by atoms with Gasteiger partial charge in [0.25, 0.3) is 0 Å². The van der Waals surface area contributed by atoms with Crippen molar-refractivity contribution in [2.45, 2.75) is 0 Å². The van der Waals surface area contributed by atoms with Gasteiger partial charge in [0.05, 0.1) is 5.56 Å². The molecule has 1 aromatic carbocycles. The number of hydrogen-bond donors (Lipinski definition) is 1. The van der Waals surface area contributed by atoms with Gasteiger partial charge >= 0.3 is 5.97 Å². The summed E-state index contributed by atoms with van der Waals surface area (Å²) in [5.74, 6) is -1.64. The van der Waals surface area contributed by atoms with E-state index in [0.29, 0.717) is 4.47 Å². The third-order valence-corrected chi connectivity index (χ3v) is 2.42. The Labute approximate surface area is 97.8 Å².